The van der Waals surface area contributed by atoms with Gasteiger partial charge in [-0.2, -0.15) is 0 Å². The van der Waals surface area contributed by atoms with E-state index in [0.29, 0.717) is 19.5 Å². The first-order chi connectivity index (χ1) is 12.6. The Labute approximate surface area is 155 Å². The van der Waals surface area contributed by atoms with Crippen LogP contribution in [-0.4, -0.2) is 55.5 Å². The molecular formula is C20H28N2O4. The van der Waals surface area contributed by atoms with Crippen LogP contribution in [0.5, 0.6) is 11.5 Å². The molecule has 3 rings (SSSR count). The van der Waals surface area contributed by atoms with Crippen LogP contribution in [0.1, 0.15) is 50.1 Å². The van der Waals surface area contributed by atoms with Gasteiger partial charge in [-0.05, 0) is 43.9 Å². The highest BCUT2D eigenvalue weighted by molar-refractivity contribution is 5.85. The number of nitrogens with zero attached hydrogens (tertiary/aromatic N) is 2. The van der Waals surface area contributed by atoms with Crippen LogP contribution in [0.3, 0.4) is 0 Å². The van der Waals surface area contributed by atoms with E-state index in [9.17, 15) is 9.59 Å². The van der Waals surface area contributed by atoms with E-state index in [2.05, 4.69) is 0 Å². The number of carbonyl (C=O) groups excluding carboxylic acids is 2. The molecule has 26 heavy (non-hydrogen) atoms. The molecule has 2 saturated heterocycles. The molecule has 0 N–H and O–H groups in total. The highest BCUT2D eigenvalue weighted by atomic mass is 16.5. The number of hydrogen-bond donors (Lipinski definition) is 0. The van der Waals surface area contributed by atoms with E-state index in [4.69, 9.17) is 9.47 Å². The SMILES string of the molecule is COc1ccc(OC)c(C2CCCN2C(=O)CN2CCCCCC2=O)c1. The predicted octanol–water partition coefficient (Wildman–Crippen LogP) is 2.77. The summed E-state index contributed by atoms with van der Waals surface area (Å²) in [5.74, 6) is 1.64. The third-order valence-electron chi connectivity index (χ3n) is 5.37. The van der Waals surface area contributed by atoms with Crippen molar-refractivity contribution in [2.75, 3.05) is 33.9 Å². The first-order valence-corrected chi connectivity index (χ1v) is 9.43. The van der Waals surface area contributed by atoms with Crippen LogP contribution in [0, 0.1) is 0 Å². The zero-order chi connectivity index (χ0) is 18.5. The Morgan fingerprint density at radius 3 is 2.73 bits per heavy atom. The van der Waals surface area contributed by atoms with E-state index in [1.807, 2.05) is 23.1 Å². The third kappa shape index (κ3) is 3.94. The molecule has 0 radical (unpaired) electrons. The molecule has 2 amide bonds. The largest absolute Gasteiger partial charge is 0.497 e. The van der Waals surface area contributed by atoms with Crippen molar-refractivity contribution in [3.63, 3.8) is 0 Å². The highest BCUT2D eigenvalue weighted by Crippen LogP contribution is 2.39. The Kier molecular flexibility index (Phi) is 6.01. The molecule has 0 bridgehead atoms. The number of carbonyl (C=O) groups is 2. The van der Waals surface area contributed by atoms with Gasteiger partial charge in [-0.1, -0.05) is 6.42 Å². The van der Waals surface area contributed by atoms with Crippen LogP contribution in [0.2, 0.25) is 0 Å². The molecule has 142 valence electrons. The molecule has 1 aromatic carbocycles. The quantitative estimate of drug-likeness (QED) is 0.810. The van der Waals surface area contributed by atoms with E-state index in [1.54, 1.807) is 19.1 Å². The van der Waals surface area contributed by atoms with Gasteiger partial charge in [0.2, 0.25) is 11.8 Å². The molecule has 1 unspecified atom stereocenters. The minimum absolute atomic E-state index is 0.0209. The van der Waals surface area contributed by atoms with Gasteiger partial charge >= 0.3 is 0 Å². The van der Waals surface area contributed by atoms with Crippen molar-refractivity contribution in [2.45, 2.75) is 44.6 Å². The molecule has 2 heterocycles. The van der Waals surface area contributed by atoms with E-state index < -0.39 is 0 Å². The number of benzene rings is 1. The Morgan fingerprint density at radius 1 is 1.12 bits per heavy atom. The van der Waals surface area contributed by atoms with Gasteiger partial charge in [0, 0.05) is 25.1 Å². The summed E-state index contributed by atoms with van der Waals surface area (Å²) < 4.78 is 10.9. The summed E-state index contributed by atoms with van der Waals surface area (Å²) in [6.07, 6.45) is 5.36. The van der Waals surface area contributed by atoms with Crippen molar-refractivity contribution in [2.24, 2.45) is 0 Å². The van der Waals surface area contributed by atoms with E-state index in [-0.39, 0.29) is 24.4 Å². The van der Waals surface area contributed by atoms with Gasteiger partial charge in [0.1, 0.15) is 11.5 Å². The fourth-order valence-electron chi connectivity index (χ4n) is 3.95. The second-order valence-electron chi connectivity index (χ2n) is 6.98. The lowest BCUT2D eigenvalue weighted by Gasteiger charge is -2.29. The summed E-state index contributed by atoms with van der Waals surface area (Å²) in [6.45, 7) is 1.58. The molecule has 0 aliphatic carbocycles. The Balaban J connectivity index is 1.77. The highest BCUT2D eigenvalue weighted by Gasteiger charge is 2.33. The number of methoxy groups -OCH3 is 2. The molecule has 2 fully saturated rings. The third-order valence-corrected chi connectivity index (χ3v) is 5.37. The predicted molar refractivity (Wildman–Crippen MR) is 98.3 cm³/mol. The standard InChI is InChI=1S/C20H28N2O4/c1-25-15-9-10-18(26-2)16(13-15)17-7-6-12-22(17)20(24)14-21-11-5-3-4-8-19(21)23/h9-10,13,17H,3-8,11-12,14H2,1-2H3. The van der Waals surface area contributed by atoms with Gasteiger partial charge in [0.15, 0.2) is 0 Å². The minimum Gasteiger partial charge on any atom is -0.497 e. The van der Waals surface area contributed by atoms with Gasteiger partial charge in [-0.25, -0.2) is 0 Å². The van der Waals surface area contributed by atoms with Crippen LogP contribution >= 0.6 is 0 Å². The number of hydrogen-bond acceptors (Lipinski definition) is 4. The van der Waals surface area contributed by atoms with Crippen molar-refractivity contribution in [1.82, 2.24) is 9.80 Å². The zero-order valence-corrected chi connectivity index (χ0v) is 15.7. The molecule has 6 heteroatoms. The van der Waals surface area contributed by atoms with E-state index >= 15 is 0 Å². The summed E-state index contributed by atoms with van der Waals surface area (Å²) in [5.41, 5.74) is 0.972. The van der Waals surface area contributed by atoms with Gasteiger partial charge in [0.25, 0.3) is 0 Å². The number of ether oxygens (including phenoxy) is 2. The van der Waals surface area contributed by atoms with Crippen LogP contribution in [0.15, 0.2) is 18.2 Å². The van der Waals surface area contributed by atoms with Crippen molar-refractivity contribution in [3.05, 3.63) is 23.8 Å². The summed E-state index contributed by atoms with van der Waals surface area (Å²) in [4.78, 5) is 28.8. The molecule has 2 aliphatic rings. The summed E-state index contributed by atoms with van der Waals surface area (Å²) in [7, 11) is 3.27. The lowest BCUT2D eigenvalue weighted by Crippen LogP contribution is -2.42. The smallest absolute Gasteiger partial charge is 0.242 e. The fourth-order valence-corrected chi connectivity index (χ4v) is 3.95. The molecule has 0 aromatic heterocycles. The maximum absolute atomic E-state index is 13.0. The number of likely N-dealkylation sites (tertiary alicyclic amines) is 2. The normalized spacial score (nSPS) is 20.8. The van der Waals surface area contributed by atoms with Crippen LogP contribution in [0.25, 0.3) is 0 Å². The fraction of sp³-hybridized carbons (Fsp3) is 0.600. The number of rotatable bonds is 5. The monoisotopic (exact) mass is 360 g/mol. The lowest BCUT2D eigenvalue weighted by molar-refractivity contribution is -0.140. The van der Waals surface area contributed by atoms with Gasteiger partial charge < -0.3 is 19.3 Å². The summed E-state index contributed by atoms with van der Waals surface area (Å²) in [5, 5.41) is 0. The Hall–Kier alpha value is -2.24. The van der Waals surface area contributed by atoms with Crippen molar-refractivity contribution >= 4 is 11.8 Å². The number of amides is 2. The zero-order valence-electron chi connectivity index (χ0n) is 15.7. The summed E-state index contributed by atoms with van der Waals surface area (Å²) >= 11 is 0. The Bertz CT molecular complexity index is 661. The van der Waals surface area contributed by atoms with E-state index in [0.717, 1.165) is 49.2 Å². The average Bonchev–Trinajstić information content (AvgIpc) is 3.07. The lowest BCUT2D eigenvalue weighted by atomic mass is 10.0. The maximum Gasteiger partial charge on any atom is 0.242 e. The van der Waals surface area contributed by atoms with E-state index in [1.165, 1.54) is 0 Å². The van der Waals surface area contributed by atoms with Crippen molar-refractivity contribution < 1.29 is 19.1 Å². The molecule has 1 aromatic rings. The molecule has 0 spiro atoms. The van der Waals surface area contributed by atoms with Crippen molar-refractivity contribution in [1.29, 1.82) is 0 Å². The first-order valence-electron chi connectivity index (χ1n) is 9.43. The summed E-state index contributed by atoms with van der Waals surface area (Å²) in [6, 6.07) is 5.66. The van der Waals surface area contributed by atoms with Crippen LogP contribution < -0.4 is 9.47 Å². The first kappa shape index (κ1) is 18.5. The molecule has 6 nitrogen and oxygen atoms in total. The van der Waals surface area contributed by atoms with Crippen molar-refractivity contribution in [3.8, 4) is 11.5 Å². The maximum atomic E-state index is 13.0. The minimum atomic E-state index is -0.0327. The van der Waals surface area contributed by atoms with Gasteiger partial charge in [-0.15, -0.1) is 0 Å². The topological polar surface area (TPSA) is 59.1 Å². The molecule has 0 saturated carbocycles. The van der Waals surface area contributed by atoms with Gasteiger partial charge in [0.05, 0.1) is 26.8 Å². The Morgan fingerprint density at radius 2 is 1.96 bits per heavy atom. The molecule has 1 atom stereocenters. The second kappa shape index (κ2) is 8.43. The second-order valence-corrected chi connectivity index (χ2v) is 6.98. The molecule has 2 aliphatic heterocycles. The average molecular weight is 360 g/mol. The van der Waals surface area contributed by atoms with Gasteiger partial charge in [-0.3, -0.25) is 9.59 Å². The molecular weight excluding hydrogens is 332 g/mol. The van der Waals surface area contributed by atoms with Crippen LogP contribution in [-0.2, 0) is 9.59 Å². The van der Waals surface area contributed by atoms with Crippen LogP contribution in [0.4, 0.5) is 0 Å².